The highest BCUT2D eigenvalue weighted by Crippen LogP contribution is 2.58. The van der Waals surface area contributed by atoms with Crippen molar-refractivity contribution >= 4 is 21.4 Å². The maximum atomic E-state index is 5.74. The van der Waals surface area contributed by atoms with Crippen molar-refractivity contribution in [3.05, 3.63) is 119 Å². The average Bonchev–Trinajstić information content (AvgIpc) is 3.41. The highest BCUT2D eigenvalue weighted by Gasteiger charge is 2.47. The summed E-state index contributed by atoms with van der Waals surface area (Å²) in [5.74, 6) is 1.48. The van der Waals surface area contributed by atoms with Crippen molar-refractivity contribution in [2.24, 2.45) is 0 Å². The Morgan fingerprint density at radius 2 is 1.25 bits per heavy atom. The zero-order valence-electron chi connectivity index (χ0n) is 18.0. The van der Waals surface area contributed by atoms with Gasteiger partial charge < -0.3 is 9.47 Å². The Balaban J connectivity index is 1.80. The second kappa shape index (κ2) is 7.25. The van der Waals surface area contributed by atoms with Gasteiger partial charge in [0, 0.05) is 4.70 Å². The third-order valence-electron chi connectivity index (χ3n) is 6.65. The van der Waals surface area contributed by atoms with E-state index in [1.54, 1.807) is 25.6 Å². The molecule has 1 aromatic heterocycles. The van der Waals surface area contributed by atoms with Crippen molar-refractivity contribution in [2.75, 3.05) is 14.2 Å². The molecular formula is C29H22O2S. The van der Waals surface area contributed by atoms with Crippen LogP contribution in [0.25, 0.3) is 21.2 Å². The lowest BCUT2D eigenvalue weighted by Gasteiger charge is -2.33. The molecule has 6 rings (SSSR count). The molecule has 0 atom stereocenters. The first-order valence-electron chi connectivity index (χ1n) is 10.7. The molecule has 156 valence electrons. The van der Waals surface area contributed by atoms with Gasteiger partial charge in [0.05, 0.1) is 19.6 Å². The summed E-state index contributed by atoms with van der Waals surface area (Å²) in [6.07, 6.45) is 0. The molecule has 0 bridgehead atoms. The van der Waals surface area contributed by atoms with E-state index in [4.69, 9.17) is 9.47 Å². The van der Waals surface area contributed by atoms with Gasteiger partial charge in [-0.2, -0.15) is 0 Å². The van der Waals surface area contributed by atoms with Gasteiger partial charge in [0.2, 0.25) is 0 Å². The number of benzene rings is 4. The molecule has 0 saturated heterocycles. The van der Waals surface area contributed by atoms with E-state index in [1.807, 2.05) is 6.07 Å². The maximum absolute atomic E-state index is 5.74. The number of hydrogen-bond donors (Lipinski definition) is 0. The van der Waals surface area contributed by atoms with Gasteiger partial charge in [0.1, 0.15) is 0 Å². The largest absolute Gasteiger partial charge is 0.493 e. The molecule has 4 aromatic carbocycles. The third-order valence-corrected chi connectivity index (χ3v) is 7.62. The van der Waals surface area contributed by atoms with E-state index < -0.39 is 5.41 Å². The van der Waals surface area contributed by atoms with E-state index in [9.17, 15) is 0 Å². The predicted octanol–water partition coefficient (Wildman–Crippen LogP) is 7.28. The summed E-state index contributed by atoms with van der Waals surface area (Å²) in [6, 6.07) is 32.6. The molecule has 0 fully saturated rings. The van der Waals surface area contributed by atoms with Crippen molar-refractivity contribution in [2.45, 2.75) is 5.41 Å². The van der Waals surface area contributed by atoms with Crippen LogP contribution in [-0.2, 0) is 5.41 Å². The Bertz CT molecular complexity index is 1420. The lowest BCUT2D eigenvalue weighted by atomic mass is 9.67. The summed E-state index contributed by atoms with van der Waals surface area (Å²) >= 11 is 1.80. The topological polar surface area (TPSA) is 18.5 Å². The standard InChI is InChI=1S/C29H22O2S/c1-30-26-16-15-19(17-27(26)31-2)29(25-18-32-28-14-8-5-11-22(25)28)23-12-6-3-9-20(23)21-10-4-7-13-24(21)29/h3-18H,1-2H3. The van der Waals surface area contributed by atoms with Crippen LogP contribution in [0, 0.1) is 0 Å². The molecule has 0 aliphatic heterocycles. The van der Waals surface area contributed by atoms with Crippen molar-refractivity contribution in [1.82, 2.24) is 0 Å². The summed E-state index contributed by atoms with van der Waals surface area (Å²) in [6.45, 7) is 0. The molecule has 5 aromatic rings. The molecule has 3 heteroatoms. The molecule has 1 aliphatic rings. The van der Waals surface area contributed by atoms with E-state index >= 15 is 0 Å². The van der Waals surface area contributed by atoms with E-state index in [-0.39, 0.29) is 0 Å². The molecule has 1 aliphatic carbocycles. The van der Waals surface area contributed by atoms with Crippen LogP contribution >= 0.6 is 11.3 Å². The SMILES string of the molecule is COc1ccc(C2(c3csc4ccccc34)c3ccccc3-c3ccccc32)cc1OC. The van der Waals surface area contributed by atoms with Crippen molar-refractivity contribution in [3.8, 4) is 22.6 Å². The fourth-order valence-corrected chi connectivity index (χ4v) is 6.34. The molecule has 0 amide bonds. The van der Waals surface area contributed by atoms with Gasteiger partial charge in [-0.05, 0) is 62.3 Å². The number of thiophene rings is 1. The van der Waals surface area contributed by atoms with Crippen LogP contribution in [0.4, 0.5) is 0 Å². The molecular weight excluding hydrogens is 412 g/mol. The number of methoxy groups -OCH3 is 2. The van der Waals surface area contributed by atoms with Gasteiger partial charge in [-0.3, -0.25) is 0 Å². The van der Waals surface area contributed by atoms with Gasteiger partial charge in [-0.1, -0.05) is 72.8 Å². The first-order chi connectivity index (χ1) is 15.8. The van der Waals surface area contributed by atoms with E-state index in [2.05, 4.69) is 90.3 Å². The molecule has 0 spiro atoms. The fraction of sp³-hybridized carbons (Fsp3) is 0.103. The molecule has 1 heterocycles. The zero-order chi connectivity index (χ0) is 21.7. The van der Waals surface area contributed by atoms with Gasteiger partial charge in [-0.25, -0.2) is 0 Å². The highest BCUT2D eigenvalue weighted by atomic mass is 32.1. The van der Waals surface area contributed by atoms with Crippen molar-refractivity contribution < 1.29 is 9.47 Å². The van der Waals surface area contributed by atoms with Crippen molar-refractivity contribution in [1.29, 1.82) is 0 Å². The highest BCUT2D eigenvalue weighted by molar-refractivity contribution is 7.17. The van der Waals surface area contributed by atoms with Crippen molar-refractivity contribution in [3.63, 3.8) is 0 Å². The van der Waals surface area contributed by atoms with E-state index in [0.717, 1.165) is 11.5 Å². The summed E-state index contributed by atoms with van der Waals surface area (Å²) in [5.41, 5.74) is 7.22. The minimum Gasteiger partial charge on any atom is -0.493 e. The van der Waals surface area contributed by atoms with Gasteiger partial charge in [-0.15, -0.1) is 11.3 Å². The molecule has 0 saturated carbocycles. The monoisotopic (exact) mass is 434 g/mol. The lowest BCUT2D eigenvalue weighted by Crippen LogP contribution is -2.28. The Morgan fingerprint density at radius 1 is 0.625 bits per heavy atom. The summed E-state index contributed by atoms with van der Waals surface area (Å²) in [5, 5.41) is 3.62. The Hall–Kier alpha value is -3.56. The predicted molar refractivity (Wildman–Crippen MR) is 132 cm³/mol. The average molecular weight is 435 g/mol. The Labute approximate surface area is 191 Å². The third kappa shape index (κ3) is 2.46. The van der Waals surface area contributed by atoms with E-state index in [1.165, 1.54) is 43.5 Å². The molecule has 0 radical (unpaired) electrons. The van der Waals surface area contributed by atoms with Crippen LogP contribution < -0.4 is 9.47 Å². The second-order valence-corrected chi connectivity index (χ2v) is 8.97. The Morgan fingerprint density at radius 3 is 1.94 bits per heavy atom. The van der Waals surface area contributed by atoms with Gasteiger partial charge in [0.25, 0.3) is 0 Å². The van der Waals surface area contributed by atoms with Crippen LogP contribution in [0.3, 0.4) is 0 Å². The second-order valence-electron chi connectivity index (χ2n) is 8.06. The van der Waals surface area contributed by atoms with Gasteiger partial charge >= 0.3 is 0 Å². The smallest absolute Gasteiger partial charge is 0.161 e. The number of rotatable bonds is 4. The molecule has 0 N–H and O–H groups in total. The summed E-state index contributed by atoms with van der Waals surface area (Å²) in [4.78, 5) is 0. The van der Waals surface area contributed by atoms with Crippen LogP contribution in [0.2, 0.25) is 0 Å². The van der Waals surface area contributed by atoms with Crippen LogP contribution in [0.5, 0.6) is 11.5 Å². The van der Waals surface area contributed by atoms with Gasteiger partial charge in [0.15, 0.2) is 11.5 Å². The quantitative estimate of drug-likeness (QED) is 0.290. The minimum atomic E-state index is -0.438. The Kier molecular flexibility index (Phi) is 4.34. The molecule has 2 nitrogen and oxygen atoms in total. The number of hydrogen-bond acceptors (Lipinski definition) is 3. The minimum absolute atomic E-state index is 0.438. The maximum Gasteiger partial charge on any atom is 0.161 e. The summed E-state index contributed by atoms with van der Waals surface area (Å²) < 4.78 is 12.6. The van der Waals surface area contributed by atoms with Crippen LogP contribution in [-0.4, -0.2) is 14.2 Å². The fourth-order valence-electron chi connectivity index (χ4n) is 5.33. The van der Waals surface area contributed by atoms with E-state index in [0.29, 0.717) is 0 Å². The summed E-state index contributed by atoms with van der Waals surface area (Å²) in [7, 11) is 3.38. The first kappa shape index (κ1) is 19.1. The number of fused-ring (bicyclic) bond motifs is 4. The number of ether oxygens (including phenoxy) is 2. The molecule has 0 unspecified atom stereocenters. The zero-order valence-corrected chi connectivity index (χ0v) is 18.8. The van der Waals surface area contributed by atoms with Crippen LogP contribution in [0.15, 0.2) is 96.4 Å². The van der Waals surface area contributed by atoms with Crippen LogP contribution in [0.1, 0.15) is 22.3 Å². The first-order valence-corrected chi connectivity index (χ1v) is 11.6. The normalized spacial score (nSPS) is 13.6. The lowest BCUT2D eigenvalue weighted by molar-refractivity contribution is 0.354. The molecule has 32 heavy (non-hydrogen) atoms.